The lowest BCUT2D eigenvalue weighted by molar-refractivity contribution is 0.145. The molecule has 1 radical (unpaired) electrons. The van der Waals surface area contributed by atoms with Crippen LogP contribution in [0, 0.1) is 6.07 Å². The van der Waals surface area contributed by atoms with Gasteiger partial charge in [-0.25, -0.2) is 18.7 Å². The fourth-order valence-corrected chi connectivity index (χ4v) is 0.564. The van der Waals surface area contributed by atoms with Gasteiger partial charge in [0.2, 0.25) is 5.28 Å². The maximum absolute atomic E-state index is 11.8. The number of alkyl halides is 2. The minimum Gasteiger partial charge on any atom is -0.226 e. The smallest absolute Gasteiger partial charge is 0.226 e. The molecule has 0 saturated heterocycles. The van der Waals surface area contributed by atoms with Crippen LogP contribution in [-0.4, -0.2) is 9.97 Å². The van der Waals surface area contributed by atoms with Gasteiger partial charge in [0, 0.05) is 12.3 Å². The quantitative estimate of drug-likeness (QED) is 0.591. The Bertz CT molecular complexity index is 229. The molecule has 1 rings (SSSR count). The number of halogens is 3. The molecule has 1 heterocycles. The summed E-state index contributed by atoms with van der Waals surface area (Å²) in [5.74, 6) is 0. The van der Waals surface area contributed by atoms with Crippen molar-refractivity contribution in [3.63, 3.8) is 0 Å². The van der Waals surface area contributed by atoms with E-state index < -0.39 is 12.1 Å². The summed E-state index contributed by atoms with van der Waals surface area (Å²) in [5, 5.41) is -0.186. The fraction of sp³-hybridized carbons (Fsp3) is 0.200. The SMILES string of the molecule is FC(F)c1[c]cnc(Cl)n1. The van der Waals surface area contributed by atoms with Crippen LogP contribution in [0.25, 0.3) is 0 Å². The van der Waals surface area contributed by atoms with Crippen LogP contribution in [0.2, 0.25) is 5.28 Å². The molecular formula is C5H2ClF2N2. The van der Waals surface area contributed by atoms with Crippen molar-refractivity contribution in [2.75, 3.05) is 0 Å². The lowest BCUT2D eigenvalue weighted by Crippen LogP contribution is -1.91. The van der Waals surface area contributed by atoms with Crippen molar-refractivity contribution in [1.82, 2.24) is 9.97 Å². The molecule has 53 valence electrons. The van der Waals surface area contributed by atoms with Crippen LogP contribution in [0.1, 0.15) is 12.1 Å². The Labute approximate surface area is 60.9 Å². The van der Waals surface area contributed by atoms with E-state index in [2.05, 4.69) is 16.0 Å². The molecule has 0 N–H and O–H groups in total. The van der Waals surface area contributed by atoms with Crippen molar-refractivity contribution < 1.29 is 8.78 Å². The summed E-state index contributed by atoms with van der Waals surface area (Å²) >= 11 is 5.21. The first-order valence-corrected chi connectivity index (χ1v) is 2.76. The van der Waals surface area contributed by atoms with E-state index in [1.54, 1.807) is 0 Å². The summed E-state index contributed by atoms with van der Waals surface area (Å²) in [4.78, 5) is 6.61. The van der Waals surface area contributed by atoms with Crippen LogP contribution in [0.4, 0.5) is 8.78 Å². The van der Waals surface area contributed by atoms with Gasteiger partial charge in [0.15, 0.2) is 0 Å². The maximum Gasteiger partial charge on any atom is 0.281 e. The minimum absolute atomic E-state index is 0.186. The van der Waals surface area contributed by atoms with Gasteiger partial charge < -0.3 is 0 Å². The number of rotatable bonds is 1. The lowest BCUT2D eigenvalue weighted by atomic mass is 10.4. The topological polar surface area (TPSA) is 25.8 Å². The number of aromatic nitrogens is 2. The molecule has 0 amide bonds. The second kappa shape index (κ2) is 2.88. The van der Waals surface area contributed by atoms with Gasteiger partial charge in [-0.3, -0.25) is 0 Å². The van der Waals surface area contributed by atoms with Crippen LogP contribution in [0.15, 0.2) is 6.20 Å². The van der Waals surface area contributed by atoms with Gasteiger partial charge in [0.05, 0.1) is 0 Å². The normalized spacial score (nSPS) is 10.4. The van der Waals surface area contributed by atoms with Gasteiger partial charge in [0.25, 0.3) is 6.43 Å². The summed E-state index contributed by atoms with van der Waals surface area (Å²) in [6.07, 6.45) is -1.57. The summed E-state index contributed by atoms with van der Waals surface area (Å²) in [6, 6.07) is 2.15. The van der Waals surface area contributed by atoms with Gasteiger partial charge in [-0.15, -0.1) is 0 Å². The Morgan fingerprint density at radius 1 is 1.60 bits per heavy atom. The van der Waals surface area contributed by atoms with Crippen molar-refractivity contribution in [2.45, 2.75) is 6.43 Å². The first-order valence-electron chi connectivity index (χ1n) is 2.38. The third-order valence-corrected chi connectivity index (χ3v) is 0.985. The zero-order valence-corrected chi connectivity index (χ0v) is 5.44. The lowest BCUT2D eigenvalue weighted by Gasteiger charge is -1.94. The molecular weight excluding hydrogens is 162 g/mol. The zero-order chi connectivity index (χ0) is 7.56. The average molecular weight is 164 g/mol. The standard InChI is InChI=1S/C5H2ClF2N2/c6-5-9-2-1-3(10-5)4(7)8/h2,4H. The molecule has 0 aliphatic carbocycles. The maximum atomic E-state index is 11.8. The molecule has 1 aromatic heterocycles. The van der Waals surface area contributed by atoms with E-state index >= 15 is 0 Å². The number of nitrogens with zero attached hydrogens (tertiary/aromatic N) is 2. The summed E-state index contributed by atoms with van der Waals surface area (Å²) < 4.78 is 23.5. The Kier molecular flexibility index (Phi) is 2.11. The highest BCUT2D eigenvalue weighted by Gasteiger charge is 2.08. The second-order valence-corrected chi connectivity index (χ2v) is 1.81. The molecule has 1 aromatic rings. The van der Waals surface area contributed by atoms with Crippen LogP contribution in [0.3, 0.4) is 0 Å². The van der Waals surface area contributed by atoms with Crippen LogP contribution in [0.5, 0.6) is 0 Å². The molecule has 0 bridgehead atoms. The molecule has 0 spiro atoms. The van der Waals surface area contributed by atoms with Crippen LogP contribution in [-0.2, 0) is 0 Å². The average Bonchev–Trinajstić information content (AvgIpc) is 1.88. The number of hydrogen-bond acceptors (Lipinski definition) is 2. The highest BCUT2D eigenvalue weighted by molar-refractivity contribution is 6.28. The van der Waals surface area contributed by atoms with Gasteiger partial charge in [-0.1, -0.05) is 0 Å². The van der Waals surface area contributed by atoms with Gasteiger partial charge in [-0.05, 0) is 11.6 Å². The van der Waals surface area contributed by atoms with Crippen molar-refractivity contribution in [3.8, 4) is 0 Å². The summed E-state index contributed by atoms with van der Waals surface area (Å²) in [5.41, 5.74) is -0.472. The minimum atomic E-state index is -2.64. The molecule has 5 heteroatoms. The molecule has 0 aliphatic heterocycles. The van der Waals surface area contributed by atoms with Gasteiger partial charge in [-0.2, -0.15) is 0 Å². The Morgan fingerprint density at radius 3 is 2.70 bits per heavy atom. The Balaban J connectivity index is 2.96. The predicted molar refractivity (Wildman–Crippen MR) is 30.8 cm³/mol. The Morgan fingerprint density at radius 2 is 2.30 bits per heavy atom. The van der Waals surface area contributed by atoms with E-state index in [1.807, 2.05) is 0 Å². The molecule has 10 heavy (non-hydrogen) atoms. The summed E-state index contributed by atoms with van der Waals surface area (Å²) in [7, 11) is 0. The molecule has 0 aliphatic rings. The third-order valence-electron chi connectivity index (χ3n) is 0.803. The zero-order valence-electron chi connectivity index (χ0n) is 4.68. The van der Waals surface area contributed by atoms with Gasteiger partial charge in [0.1, 0.15) is 5.69 Å². The van der Waals surface area contributed by atoms with Crippen molar-refractivity contribution in [2.24, 2.45) is 0 Å². The van der Waals surface area contributed by atoms with Crippen molar-refractivity contribution >= 4 is 11.6 Å². The van der Waals surface area contributed by atoms with Gasteiger partial charge >= 0.3 is 0 Å². The van der Waals surface area contributed by atoms with E-state index in [0.717, 1.165) is 6.20 Å². The first kappa shape index (κ1) is 7.34. The highest BCUT2D eigenvalue weighted by Crippen LogP contribution is 2.15. The second-order valence-electron chi connectivity index (χ2n) is 1.47. The summed E-state index contributed by atoms with van der Waals surface area (Å²) in [6.45, 7) is 0. The molecule has 0 unspecified atom stereocenters. The van der Waals surface area contributed by atoms with E-state index in [1.165, 1.54) is 0 Å². The Hall–Kier alpha value is -0.770. The van der Waals surface area contributed by atoms with E-state index in [9.17, 15) is 8.78 Å². The largest absolute Gasteiger partial charge is 0.281 e. The first-order chi connectivity index (χ1) is 4.70. The molecule has 0 fully saturated rings. The predicted octanol–water partition coefficient (Wildman–Crippen LogP) is 1.87. The molecule has 0 atom stereocenters. The number of hydrogen-bond donors (Lipinski definition) is 0. The molecule has 0 aromatic carbocycles. The van der Waals surface area contributed by atoms with E-state index in [-0.39, 0.29) is 5.28 Å². The van der Waals surface area contributed by atoms with Crippen molar-refractivity contribution in [3.05, 3.63) is 23.2 Å². The fourth-order valence-electron chi connectivity index (χ4n) is 0.424. The van der Waals surface area contributed by atoms with E-state index in [0.29, 0.717) is 0 Å². The van der Waals surface area contributed by atoms with Crippen LogP contribution < -0.4 is 0 Å². The monoisotopic (exact) mass is 163 g/mol. The molecule has 0 saturated carbocycles. The van der Waals surface area contributed by atoms with Crippen molar-refractivity contribution in [1.29, 1.82) is 0 Å². The highest BCUT2D eigenvalue weighted by atomic mass is 35.5. The van der Waals surface area contributed by atoms with Crippen LogP contribution >= 0.6 is 11.6 Å². The third kappa shape index (κ3) is 1.60. The molecule has 2 nitrogen and oxygen atoms in total. The van der Waals surface area contributed by atoms with E-state index in [4.69, 9.17) is 11.6 Å².